The van der Waals surface area contributed by atoms with Gasteiger partial charge in [-0.25, -0.2) is 9.67 Å². The molecule has 0 bridgehead atoms. The van der Waals surface area contributed by atoms with E-state index in [0.717, 1.165) is 28.4 Å². The molecule has 1 aromatic heterocycles. The molecule has 0 saturated heterocycles. The summed E-state index contributed by atoms with van der Waals surface area (Å²) < 4.78 is 7.01. The molecule has 0 radical (unpaired) electrons. The van der Waals surface area contributed by atoms with Crippen LogP contribution >= 0.6 is 0 Å². The number of hydrogen-bond donors (Lipinski definition) is 2. The van der Waals surface area contributed by atoms with Crippen molar-refractivity contribution in [1.82, 2.24) is 14.8 Å². The molecule has 4 rings (SSSR count). The summed E-state index contributed by atoms with van der Waals surface area (Å²) in [5.41, 5.74) is 2.06. The van der Waals surface area contributed by atoms with Crippen LogP contribution in [0, 0.1) is 0 Å². The molecule has 0 amide bonds. The summed E-state index contributed by atoms with van der Waals surface area (Å²) in [6.45, 7) is 1.95. The van der Waals surface area contributed by atoms with Gasteiger partial charge in [-0.1, -0.05) is 12.1 Å². The smallest absolute Gasteiger partial charge is 0.303 e. The molecule has 1 atom stereocenters. The Labute approximate surface area is 156 Å². The first-order valence-corrected chi connectivity index (χ1v) is 8.71. The molecule has 1 unspecified atom stereocenters. The lowest BCUT2D eigenvalue weighted by molar-refractivity contribution is -0.137. The van der Waals surface area contributed by atoms with E-state index in [2.05, 4.69) is 5.32 Å². The molecule has 0 fully saturated rings. The summed E-state index contributed by atoms with van der Waals surface area (Å²) in [4.78, 5) is 15.9. The fraction of sp³-hybridized carbons (Fsp3) is 0.250. The number of nitrogens with zero attached hydrogens (tertiary/aromatic N) is 3. The molecule has 0 saturated carbocycles. The number of nitrogens with one attached hydrogen (secondary N) is 1. The van der Waals surface area contributed by atoms with Crippen LogP contribution < -0.4 is 10.1 Å². The number of aliphatic carboxylic acids is 1. The number of methoxy groups -OCH3 is 1. The average molecular weight is 364 g/mol. The number of carboxylic acids is 1. The summed E-state index contributed by atoms with van der Waals surface area (Å²) in [5.74, 6) is 1.24. The second-order valence-corrected chi connectivity index (χ2v) is 6.74. The van der Waals surface area contributed by atoms with Gasteiger partial charge in [0, 0.05) is 29.7 Å². The van der Waals surface area contributed by atoms with Crippen molar-refractivity contribution in [2.24, 2.45) is 0 Å². The van der Waals surface area contributed by atoms with E-state index in [-0.39, 0.29) is 6.42 Å². The first kappa shape index (κ1) is 17.1. The molecule has 27 heavy (non-hydrogen) atoms. The predicted octanol–water partition coefficient (Wildman–Crippen LogP) is 3.58. The fourth-order valence-electron chi connectivity index (χ4n) is 3.34. The highest BCUT2D eigenvalue weighted by atomic mass is 16.5. The van der Waals surface area contributed by atoms with Crippen LogP contribution in [-0.4, -0.2) is 33.0 Å². The maximum Gasteiger partial charge on any atom is 0.303 e. The van der Waals surface area contributed by atoms with Crippen molar-refractivity contribution < 1.29 is 14.6 Å². The van der Waals surface area contributed by atoms with Crippen LogP contribution in [0.15, 0.2) is 48.5 Å². The number of rotatable bonds is 5. The molecule has 2 N–H and O–H groups in total. The Bertz CT molecular complexity index is 997. The van der Waals surface area contributed by atoms with Gasteiger partial charge < -0.3 is 15.2 Å². The van der Waals surface area contributed by atoms with Crippen molar-refractivity contribution in [1.29, 1.82) is 0 Å². The lowest BCUT2D eigenvalue weighted by atomic mass is 10.00. The number of fused-ring (bicyclic) bond motifs is 3. The monoisotopic (exact) mass is 364 g/mol. The van der Waals surface area contributed by atoms with Gasteiger partial charge in [0.15, 0.2) is 11.6 Å². The highest BCUT2D eigenvalue weighted by Crippen LogP contribution is 2.40. The fourth-order valence-corrected chi connectivity index (χ4v) is 3.34. The van der Waals surface area contributed by atoms with Gasteiger partial charge in [-0.05, 0) is 43.3 Å². The molecule has 138 valence electrons. The largest absolute Gasteiger partial charge is 0.497 e. The highest BCUT2D eigenvalue weighted by Gasteiger charge is 2.37. The third kappa shape index (κ3) is 3.01. The Hall–Kier alpha value is -3.35. The standard InChI is InChI=1S/C20H20N4O3/c1-20(12-11-17(25)26)22-16-6-4-3-5-15(16)19-21-18(23-24(19)20)13-7-9-14(27-2)10-8-13/h3-10,22H,11-12H2,1-2H3,(H,25,26). The van der Waals surface area contributed by atoms with E-state index in [0.29, 0.717) is 12.2 Å². The van der Waals surface area contributed by atoms with Gasteiger partial charge >= 0.3 is 5.97 Å². The Balaban J connectivity index is 1.82. The number of benzene rings is 2. The van der Waals surface area contributed by atoms with E-state index in [1.165, 1.54) is 0 Å². The van der Waals surface area contributed by atoms with Gasteiger partial charge in [0.1, 0.15) is 11.4 Å². The van der Waals surface area contributed by atoms with Gasteiger partial charge in [-0.2, -0.15) is 0 Å². The number of hydrogen-bond acceptors (Lipinski definition) is 5. The lowest BCUT2D eigenvalue weighted by Crippen LogP contribution is -2.43. The Morgan fingerprint density at radius 3 is 2.67 bits per heavy atom. The molecule has 2 aromatic carbocycles. The third-order valence-corrected chi connectivity index (χ3v) is 4.82. The third-order valence-electron chi connectivity index (χ3n) is 4.82. The number of para-hydroxylation sites is 1. The van der Waals surface area contributed by atoms with Crippen molar-refractivity contribution >= 4 is 11.7 Å². The quantitative estimate of drug-likeness (QED) is 0.719. The van der Waals surface area contributed by atoms with E-state index in [9.17, 15) is 4.79 Å². The number of anilines is 1. The van der Waals surface area contributed by atoms with Crippen LogP contribution in [0.25, 0.3) is 22.8 Å². The van der Waals surface area contributed by atoms with Gasteiger partial charge in [0.05, 0.1) is 7.11 Å². The summed E-state index contributed by atoms with van der Waals surface area (Å²) in [6.07, 6.45) is 0.415. The van der Waals surface area contributed by atoms with Crippen LogP contribution in [0.4, 0.5) is 5.69 Å². The molecule has 1 aliphatic rings. The minimum absolute atomic E-state index is 0.0306. The maximum atomic E-state index is 11.1. The minimum atomic E-state index is -0.839. The summed E-state index contributed by atoms with van der Waals surface area (Å²) in [7, 11) is 1.62. The van der Waals surface area contributed by atoms with E-state index in [1.807, 2.05) is 55.5 Å². The topological polar surface area (TPSA) is 89.3 Å². The van der Waals surface area contributed by atoms with Crippen LogP contribution in [0.2, 0.25) is 0 Å². The Morgan fingerprint density at radius 1 is 1.22 bits per heavy atom. The zero-order valence-corrected chi connectivity index (χ0v) is 15.1. The van der Waals surface area contributed by atoms with Crippen LogP contribution in [0.3, 0.4) is 0 Å². The molecule has 2 heterocycles. The SMILES string of the molecule is COc1ccc(-c2nc3n(n2)C(C)(CCC(=O)O)Nc2ccccc2-3)cc1. The van der Waals surface area contributed by atoms with Crippen LogP contribution in [0.1, 0.15) is 19.8 Å². The normalized spacial score (nSPS) is 17.6. The van der Waals surface area contributed by atoms with E-state index in [1.54, 1.807) is 11.8 Å². The van der Waals surface area contributed by atoms with E-state index in [4.69, 9.17) is 19.9 Å². The summed E-state index contributed by atoms with van der Waals surface area (Å²) >= 11 is 0. The van der Waals surface area contributed by atoms with Gasteiger partial charge in [0.25, 0.3) is 0 Å². The van der Waals surface area contributed by atoms with Crippen molar-refractivity contribution in [3.8, 4) is 28.5 Å². The zero-order chi connectivity index (χ0) is 19.0. The molecule has 3 aromatic rings. The number of ether oxygens (including phenoxy) is 1. The van der Waals surface area contributed by atoms with Gasteiger partial charge in [0.2, 0.25) is 0 Å². The van der Waals surface area contributed by atoms with Gasteiger partial charge in [-0.15, -0.1) is 5.10 Å². The summed E-state index contributed by atoms with van der Waals surface area (Å²) in [5, 5.41) is 17.3. The first-order chi connectivity index (χ1) is 13.0. The molecule has 0 spiro atoms. The average Bonchev–Trinajstić information content (AvgIpc) is 3.13. The Morgan fingerprint density at radius 2 is 1.96 bits per heavy atom. The molecular formula is C20H20N4O3. The van der Waals surface area contributed by atoms with Crippen molar-refractivity contribution in [3.05, 3.63) is 48.5 Å². The number of carbonyl (C=O) groups is 1. The first-order valence-electron chi connectivity index (χ1n) is 8.71. The minimum Gasteiger partial charge on any atom is -0.497 e. The van der Waals surface area contributed by atoms with Crippen molar-refractivity contribution in [2.45, 2.75) is 25.4 Å². The highest BCUT2D eigenvalue weighted by molar-refractivity contribution is 5.78. The van der Waals surface area contributed by atoms with Crippen molar-refractivity contribution in [3.63, 3.8) is 0 Å². The molecule has 7 nitrogen and oxygen atoms in total. The lowest BCUT2D eigenvalue weighted by Gasteiger charge is -2.37. The molecule has 7 heteroatoms. The Kier molecular flexibility index (Phi) is 4.07. The van der Waals surface area contributed by atoms with E-state index < -0.39 is 11.6 Å². The molecular weight excluding hydrogens is 344 g/mol. The molecule has 0 aliphatic carbocycles. The zero-order valence-electron chi connectivity index (χ0n) is 15.1. The number of aromatic nitrogens is 3. The predicted molar refractivity (Wildman–Crippen MR) is 102 cm³/mol. The van der Waals surface area contributed by atoms with E-state index >= 15 is 0 Å². The second-order valence-electron chi connectivity index (χ2n) is 6.74. The van der Waals surface area contributed by atoms with Crippen LogP contribution in [-0.2, 0) is 10.5 Å². The molecule has 1 aliphatic heterocycles. The van der Waals surface area contributed by atoms with Crippen LogP contribution in [0.5, 0.6) is 5.75 Å². The second kappa shape index (κ2) is 6.42. The van der Waals surface area contributed by atoms with Gasteiger partial charge in [-0.3, -0.25) is 4.79 Å². The maximum absolute atomic E-state index is 11.1. The summed E-state index contributed by atoms with van der Waals surface area (Å²) in [6, 6.07) is 15.4. The number of carboxylic acid groups (broad SMARTS) is 1. The van der Waals surface area contributed by atoms with Crippen molar-refractivity contribution in [2.75, 3.05) is 12.4 Å².